The monoisotopic (exact) mass is 239 g/mol. The molecule has 7 nitrogen and oxygen atoms in total. The number of carboxylic acid groups (broad SMARTS) is 1. The van der Waals surface area contributed by atoms with Gasteiger partial charge in [-0.2, -0.15) is 5.10 Å². The number of nitrogens with one attached hydrogen (secondary N) is 2. The smallest absolute Gasteiger partial charge is 0.332 e. The summed E-state index contributed by atoms with van der Waals surface area (Å²) < 4.78 is 5.12. The van der Waals surface area contributed by atoms with Crippen LogP contribution in [0.25, 0.3) is 0 Å². The Kier molecular flexibility index (Phi) is 3.38. The average molecular weight is 239 g/mol. The molecule has 7 heteroatoms. The molecule has 1 aromatic rings. The first kappa shape index (κ1) is 11.6. The lowest BCUT2D eigenvalue weighted by molar-refractivity contribution is -0.151. The maximum absolute atomic E-state index is 11.6. The Labute approximate surface area is 97.2 Å². The first-order valence-electron chi connectivity index (χ1n) is 5.31. The zero-order valence-electron chi connectivity index (χ0n) is 9.05. The van der Waals surface area contributed by atoms with E-state index in [1.165, 1.54) is 0 Å². The van der Waals surface area contributed by atoms with Gasteiger partial charge < -0.3 is 15.2 Å². The van der Waals surface area contributed by atoms with Gasteiger partial charge in [-0.25, -0.2) is 4.79 Å². The van der Waals surface area contributed by atoms with Crippen molar-refractivity contribution in [3.8, 4) is 0 Å². The van der Waals surface area contributed by atoms with E-state index in [4.69, 9.17) is 9.84 Å². The fourth-order valence-corrected chi connectivity index (χ4v) is 1.69. The van der Waals surface area contributed by atoms with E-state index in [1.807, 2.05) is 0 Å². The number of amides is 1. The van der Waals surface area contributed by atoms with Crippen LogP contribution in [0.4, 0.5) is 0 Å². The van der Waals surface area contributed by atoms with Crippen molar-refractivity contribution in [3.05, 3.63) is 18.0 Å². The highest BCUT2D eigenvalue weighted by Crippen LogP contribution is 2.19. The fourth-order valence-electron chi connectivity index (χ4n) is 1.69. The van der Waals surface area contributed by atoms with Crippen molar-refractivity contribution in [3.63, 3.8) is 0 Å². The van der Waals surface area contributed by atoms with E-state index in [0.717, 1.165) is 5.69 Å². The molecular formula is C10H13N3O4. The van der Waals surface area contributed by atoms with Crippen molar-refractivity contribution in [2.75, 3.05) is 0 Å². The normalized spacial score (nSPS) is 23.5. The van der Waals surface area contributed by atoms with Crippen molar-refractivity contribution in [1.29, 1.82) is 0 Å². The van der Waals surface area contributed by atoms with Crippen LogP contribution < -0.4 is 5.32 Å². The van der Waals surface area contributed by atoms with Gasteiger partial charge in [0.1, 0.15) is 6.10 Å². The minimum absolute atomic E-state index is 0.289. The van der Waals surface area contributed by atoms with Gasteiger partial charge in [0.2, 0.25) is 5.91 Å². The summed E-state index contributed by atoms with van der Waals surface area (Å²) in [5.74, 6) is -1.31. The molecule has 1 aliphatic rings. The van der Waals surface area contributed by atoms with Gasteiger partial charge in [0.15, 0.2) is 6.10 Å². The van der Waals surface area contributed by atoms with Crippen LogP contribution in [0, 0.1) is 0 Å². The Morgan fingerprint density at radius 3 is 2.88 bits per heavy atom. The molecule has 0 bridgehead atoms. The summed E-state index contributed by atoms with van der Waals surface area (Å²) in [6.45, 7) is 0.330. The minimum Gasteiger partial charge on any atom is -0.479 e. The Balaban J connectivity index is 1.79. The highest BCUT2D eigenvalue weighted by molar-refractivity contribution is 5.82. The number of carboxylic acids is 1. The van der Waals surface area contributed by atoms with Gasteiger partial charge in [0.05, 0.1) is 12.2 Å². The molecule has 2 rings (SSSR count). The summed E-state index contributed by atoms with van der Waals surface area (Å²) in [4.78, 5) is 22.3. The Hall–Kier alpha value is -1.89. The fraction of sp³-hybridized carbons (Fsp3) is 0.500. The van der Waals surface area contributed by atoms with Crippen LogP contribution >= 0.6 is 0 Å². The van der Waals surface area contributed by atoms with Crippen molar-refractivity contribution in [2.24, 2.45) is 0 Å². The average Bonchev–Trinajstić information content (AvgIpc) is 2.96. The number of ether oxygens (including phenoxy) is 1. The summed E-state index contributed by atoms with van der Waals surface area (Å²) in [7, 11) is 0. The van der Waals surface area contributed by atoms with Gasteiger partial charge >= 0.3 is 5.97 Å². The quantitative estimate of drug-likeness (QED) is 0.666. The third-order valence-electron chi connectivity index (χ3n) is 2.60. The largest absolute Gasteiger partial charge is 0.479 e. The SMILES string of the molecule is O=C(O)C1CCC(C(=O)NCc2ccn[nH]2)O1. The van der Waals surface area contributed by atoms with Crippen LogP contribution in [0.5, 0.6) is 0 Å². The topological polar surface area (TPSA) is 104 Å². The first-order chi connectivity index (χ1) is 8.16. The second-order valence-corrected chi connectivity index (χ2v) is 3.83. The van der Waals surface area contributed by atoms with Gasteiger partial charge in [-0.15, -0.1) is 0 Å². The van der Waals surface area contributed by atoms with E-state index >= 15 is 0 Å². The second-order valence-electron chi connectivity index (χ2n) is 3.83. The molecule has 0 spiro atoms. The molecule has 2 heterocycles. The molecule has 1 aromatic heterocycles. The number of aliphatic carboxylic acids is 1. The molecule has 3 N–H and O–H groups in total. The number of carbonyl (C=O) groups is 2. The van der Waals surface area contributed by atoms with Gasteiger partial charge in [-0.3, -0.25) is 9.89 Å². The van der Waals surface area contributed by atoms with Gasteiger partial charge in [-0.1, -0.05) is 0 Å². The van der Waals surface area contributed by atoms with E-state index in [1.54, 1.807) is 12.3 Å². The molecule has 2 unspecified atom stereocenters. The second kappa shape index (κ2) is 4.96. The molecule has 1 aliphatic heterocycles. The lowest BCUT2D eigenvalue weighted by Gasteiger charge is -2.10. The van der Waals surface area contributed by atoms with Crippen LogP contribution in [-0.4, -0.2) is 39.4 Å². The van der Waals surface area contributed by atoms with E-state index in [2.05, 4.69) is 15.5 Å². The summed E-state index contributed by atoms with van der Waals surface area (Å²) in [5, 5.41) is 17.8. The molecule has 2 atom stereocenters. The summed E-state index contributed by atoms with van der Waals surface area (Å²) in [5.41, 5.74) is 0.783. The maximum atomic E-state index is 11.6. The lowest BCUT2D eigenvalue weighted by atomic mass is 10.2. The molecule has 0 aromatic carbocycles. The maximum Gasteiger partial charge on any atom is 0.332 e. The molecular weight excluding hydrogens is 226 g/mol. The minimum atomic E-state index is -1.02. The number of hydrogen-bond acceptors (Lipinski definition) is 4. The number of nitrogens with zero attached hydrogens (tertiary/aromatic N) is 1. The number of H-pyrrole nitrogens is 1. The van der Waals surface area contributed by atoms with E-state index in [-0.39, 0.29) is 5.91 Å². The number of rotatable bonds is 4. The van der Waals surface area contributed by atoms with Crippen LogP contribution in [-0.2, 0) is 20.9 Å². The molecule has 1 fully saturated rings. The zero-order chi connectivity index (χ0) is 12.3. The van der Waals surface area contributed by atoms with Crippen LogP contribution in [0.15, 0.2) is 12.3 Å². The molecule has 0 aliphatic carbocycles. The summed E-state index contributed by atoms with van der Waals surface area (Å²) >= 11 is 0. The van der Waals surface area contributed by atoms with Gasteiger partial charge in [0, 0.05) is 6.20 Å². The lowest BCUT2D eigenvalue weighted by Crippen LogP contribution is -2.35. The van der Waals surface area contributed by atoms with Gasteiger partial charge in [0.25, 0.3) is 0 Å². The number of carbonyl (C=O) groups excluding carboxylic acids is 1. The van der Waals surface area contributed by atoms with Crippen LogP contribution in [0.1, 0.15) is 18.5 Å². The van der Waals surface area contributed by atoms with Crippen molar-refractivity contribution in [1.82, 2.24) is 15.5 Å². The van der Waals surface area contributed by atoms with E-state index in [9.17, 15) is 9.59 Å². The first-order valence-corrected chi connectivity index (χ1v) is 5.31. The van der Waals surface area contributed by atoms with Crippen molar-refractivity contribution < 1.29 is 19.4 Å². The molecule has 0 radical (unpaired) electrons. The Morgan fingerprint density at radius 2 is 2.29 bits per heavy atom. The summed E-state index contributed by atoms with van der Waals surface area (Å²) in [6, 6.07) is 1.75. The van der Waals surface area contributed by atoms with Crippen LogP contribution in [0.3, 0.4) is 0 Å². The predicted molar refractivity (Wildman–Crippen MR) is 56.0 cm³/mol. The Morgan fingerprint density at radius 1 is 1.53 bits per heavy atom. The van der Waals surface area contributed by atoms with Crippen molar-refractivity contribution in [2.45, 2.75) is 31.6 Å². The van der Waals surface area contributed by atoms with E-state index < -0.39 is 18.2 Å². The third kappa shape index (κ3) is 2.82. The molecule has 92 valence electrons. The van der Waals surface area contributed by atoms with E-state index in [0.29, 0.717) is 19.4 Å². The van der Waals surface area contributed by atoms with Crippen molar-refractivity contribution >= 4 is 11.9 Å². The zero-order valence-corrected chi connectivity index (χ0v) is 9.05. The number of aromatic amines is 1. The highest BCUT2D eigenvalue weighted by atomic mass is 16.5. The standard InChI is InChI=1S/C10H13N3O4/c14-9(11-5-6-3-4-12-13-6)7-1-2-8(17-7)10(15)16/h3-4,7-8H,1-2,5H2,(H,11,14)(H,12,13)(H,15,16). The predicted octanol–water partition coefficient (Wildman–Crippen LogP) is -0.342. The highest BCUT2D eigenvalue weighted by Gasteiger charge is 2.34. The molecule has 17 heavy (non-hydrogen) atoms. The Bertz CT molecular complexity index is 404. The van der Waals surface area contributed by atoms with Crippen LogP contribution in [0.2, 0.25) is 0 Å². The molecule has 1 amide bonds. The third-order valence-corrected chi connectivity index (χ3v) is 2.60. The number of aromatic nitrogens is 2. The number of hydrogen-bond donors (Lipinski definition) is 3. The molecule has 1 saturated heterocycles. The summed E-state index contributed by atoms with van der Waals surface area (Å²) in [6.07, 6.45) is 0.869. The molecule has 0 saturated carbocycles. The van der Waals surface area contributed by atoms with Gasteiger partial charge in [-0.05, 0) is 18.9 Å².